The zero-order chi connectivity index (χ0) is 18.8. The van der Waals surface area contributed by atoms with Gasteiger partial charge in [0.05, 0.1) is 13.2 Å². The normalized spacial score (nSPS) is 21.6. The van der Waals surface area contributed by atoms with Crippen LogP contribution in [0.4, 0.5) is 0 Å². The summed E-state index contributed by atoms with van der Waals surface area (Å²) in [6, 6.07) is 2.98. The molecule has 4 heterocycles. The fourth-order valence-corrected chi connectivity index (χ4v) is 4.75. The number of hydrogen-bond acceptors (Lipinski definition) is 5. The molecule has 2 aromatic rings. The lowest BCUT2D eigenvalue weighted by Crippen LogP contribution is -2.48. The zero-order valence-electron chi connectivity index (χ0n) is 16.8. The minimum Gasteiger partial charge on any atom is -0.379 e. The molecular weight excluding hydrogens is 340 g/mol. The first-order chi connectivity index (χ1) is 13.1. The van der Waals surface area contributed by atoms with E-state index in [0.717, 1.165) is 38.8 Å². The van der Waals surface area contributed by atoms with Crippen LogP contribution >= 0.6 is 0 Å². The molecule has 0 aromatic carbocycles. The van der Waals surface area contributed by atoms with Gasteiger partial charge in [-0.05, 0) is 64.3 Å². The molecule has 2 aliphatic heterocycles. The first-order valence-corrected chi connectivity index (χ1v) is 10.2. The number of aromatic nitrogens is 4. The van der Waals surface area contributed by atoms with E-state index in [4.69, 9.17) is 4.74 Å². The van der Waals surface area contributed by atoms with Crippen molar-refractivity contribution >= 4 is 0 Å². The predicted octanol–water partition coefficient (Wildman–Crippen LogP) is 1.94. The number of aryl methyl sites for hydroxylation is 1. The van der Waals surface area contributed by atoms with Crippen LogP contribution < -0.4 is 0 Å². The van der Waals surface area contributed by atoms with Gasteiger partial charge in [-0.15, -0.1) is 10.2 Å². The second-order valence-corrected chi connectivity index (χ2v) is 8.05. The molecule has 27 heavy (non-hydrogen) atoms. The lowest BCUT2D eigenvalue weighted by Gasteiger charge is -2.41. The summed E-state index contributed by atoms with van der Waals surface area (Å²) in [5.74, 6) is 0.809. The molecule has 7 heteroatoms. The zero-order valence-corrected chi connectivity index (χ0v) is 16.8. The van der Waals surface area contributed by atoms with Crippen molar-refractivity contribution in [1.29, 1.82) is 0 Å². The van der Waals surface area contributed by atoms with Gasteiger partial charge in [0, 0.05) is 37.1 Å². The summed E-state index contributed by atoms with van der Waals surface area (Å²) >= 11 is 0. The molecule has 2 aliphatic rings. The van der Waals surface area contributed by atoms with Crippen molar-refractivity contribution < 1.29 is 4.74 Å². The van der Waals surface area contributed by atoms with Crippen LogP contribution in [0.15, 0.2) is 18.7 Å². The van der Waals surface area contributed by atoms with Crippen LogP contribution in [0.25, 0.3) is 0 Å². The summed E-state index contributed by atoms with van der Waals surface area (Å²) in [5.41, 5.74) is 3.90. The van der Waals surface area contributed by atoms with Gasteiger partial charge < -0.3 is 4.74 Å². The van der Waals surface area contributed by atoms with Crippen LogP contribution in [0.3, 0.4) is 0 Å². The molecule has 1 atom stereocenters. The molecule has 2 fully saturated rings. The molecular formula is C20H32N6O. The summed E-state index contributed by atoms with van der Waals surface area (Å²) in [6.07, 6.45) is 6.09. The van der Waals surface area contributed by atoms with Crippen LogP contribution in [0.2, 0.25) is 0 Å². The molecule has 0 radical (unpaired) electrons. The summed E-state index contributed by atoms with van der Waals surface area (Å²) in [7, 11) is 0. The van der Waals surface area contributed by atoms with Gasteiger partial charge in [-0.2, -0.15) is 0 Å². The summed E-state index contributed by atoms with van der Waals surface area (Å²) in [6.45, 7) is 14.1. The molecule has 7 nitrogen and oxygen atoms in total. The second-order valence-electron chi connectivity index (χ2n) is 8.05. The maximum Gasteiger partial charge on any atom is 0.139 e. The van der Waals surface area contributed by atoms with Crippen molar-refractivity contribution in [1.82, 2.24) is 29.3 Å². The van der Waals surface area contributed by atoms with E-state index in [2.05, 4.69) is 51.5 Å². The third-order valence-electron chi connectivity index (χ3n) is 6.47. The molecule has 2 aromatic heterocycles. The molecule has 2 saturated heterocycles. The SMILES string of the molecule is Cc1cc(CN2CCC(C(C)N3CCOCC3)CC2)c(C)n1-n1cnnc1. The lowest BCUT2D eigenvalue weighted by molar-refractivity contribution is -0.00193. The van der Waals surface area contributed by atoms with Crippen LogP contribution in [-0.2, 0) is 11.3 Å². The highest BCUT2D eigenvalue weighted by atomic mass is 16.5. The van der Waals surface area contributed by atoms with E-state index in [0.29, 0.717) is 6.04 Å². The number of piperidine rings is 1. The largest absolute Gasteiger partial charge is 0.379 e. The van der Waals surface area contributed by atoms with Crippen molar-refractivity contribution in [2.75, 3.05) is 39.4 Å². The van der Waals surface area contributed by atoms with Crippen LogP contribution in [-0.4, -0.2) is 74.8 Å². The Hall–Kier alpha value is -1.70. The molecule has 0 bridgehead atoms. The van der Waals surface area contributed by atoms with E-state index >= 15 is 0 Å². The Bertz CT molecular complexity index is 726. The van der Waals surface area contributed by atoms with Crippen molar-refractivity contribution in [2.24, 2.45) is 5.92 Å². The van der Waals surface area contributed by atoms with Gasteiger partial charge in [0.2, 0.25) is 0 Å². The number of hydrogen-bond donors (Lipinski definition) is 0. The third-order valence-corrected chi connectivity index (χ3v) is 6.47. The van der Waals surface area contributed by atoms with Crippen molar-refractivity contribution in [3.8, 4) is 0 Å². The molecule has 0 saturated carbocycles. The number of nitrogens with zero attached hydrogens (tertiary/aromatic N) is 6. The number of rotatable bonds is 5. The van der Waals surface area contributed by atoms with Crippen LogP contribution in [0.1, 0.15) is 36.7 Å². The monoisotopic (exact) mass is 372 g/mol. The van der Waals surface area contributed by atoms with Gasteiger partial charge in [-0.25, -0.2) is 4.68 Å². The van der Waals surface area contributed by atoms with Gasteiger partial charge in [0.25, 0.3) is 0 Å². The molecule has 1 unspecified atom stereocenters. The fourth-order valence-electron chi connectivity index (χ4n) is 4.75. The Morgan fingerprint density at radius 2 is 1.74 bits per heavy atom. The topological polar surface area (TPSA) is 51.4 Å². The third kappa shape index (κ3) is 3.95. The molecule has 0 spiro atoms. The maximum atomic E-state index is 5.51. The van der Waals surface area contributed by atoms with Gasteiger partial charge in [0.1, 0.15) is 12.7 Å². The van der Waals surface area contributed by atoms with E-state index in [1.165, 1.54) is 42.9 Å². The summed E-state index contributed by atoms with van der Waals surface area (Å²) in [5, 5.41) is 7.88. The van der Waals surface area contributed by atoms with Crippen molar-refractivity contribution in [3.63, 3.8) is 0 Å². The Balaban J connectivity index is 1.35. The first-order valence-electron chi connectivity index (χ1n) is 10.2. The Morgan fingerprint density at radius 1 is 1.07 bits per heavy atom. The Labute approximate surface area is 161 Å². The highest BCUT2D eigenvalue weighted by Gasteiger charge is 2.29. The molecule has 4 rings (SSSR count). The van der Waals surface area contributed by atoms with Crippen LogP contribution in [0.5, 0.6) is 0 Å². The standard InChI is InChI=1S/C20H32N6O/c1-16-12-20(18(3)26(16)25-14-21-22-15-25)13-23-6-4-19(5-7-23)17(2)24-8-10-27-11-9-24/h12,14-15,17,19H,4-11,13H2,1-3H3. The van der Waals surface area contributed by atoms with Crippen LogP contribution in [0, 0.1) is 19.8 Å². The number of likely N-dealkylation sites (tertiary alicyclic amines) is 1. The predicted molar refractivity (Wildman–Crippen MR) is 105 cm³/mol. The minimum atomic E-state index is 0.676. The first kappa shape index (κ1) is 18.7. The number of morpholine rings is 1. The van der Waals surface area contributed by atoms with E-state index in [1.807, 2.05) is 4.68 Å². The summed E-state index contributed by atoms with van der Waals surface area (Å²) < 4.78 is 9.64. The highest BCUT2D eigenvalue weighted by Crippen LogP contribution is 2.26. The average Bonchev–Trinajstić information content (AvgIpc) is 3.31. The summed E-state index contributed by atoms with van der Waals surface area (Å²) in [4.78, 5) is 5.23. The van der Waals surface area contributed by atoms with Crippen molar-refractivity contribution in [2.45, 2.75) is 46.2 Å². The Morgan fingerprint density at radius 3 is 2.41 bits per heavy atom. The van der Waals surface area contributed by atoms with E-state index in [1.54, 1.807) is 12.7 Å². The highest BCUT2D eigenvalue weighted by molar-refractivity contribution is 5.27. The van der Waals surface area contributed by atoms with Gasteiger partial charge in [-0.1, -0.05) is 0 Å². The minimum absolute atomic E-state index is 0.676. The Kier molecular flexibility index (Phi) is 5.61. The lowest BCUT2D eigenvalue weighted by atomic mass is 9.89. The number of ether oxygens (including phenoxy) is 1. The van der Waals surface area contributed by atoms with E-state index in [-0.39, 0.29) is 0 Å². The average molecular weight is 373 g/mol. The van der Waals surface area contributed by atoms with Gasteiger partial charge >= 0.3 is 0 Å². The second kappa shape index (κ2) is 8.12. The molecule has 148 valence electrons. The van der Waals surface area contributed by atoms with Gasteiger partial charge in [0.15, 0.2) is 0 Å². The fraction of sp³-hybridized carbons (Fsp3) is 0.700. The van der Waals surface area contributed by atoms with E-state index < -0.39 is 0 Å². The quantitative estimate of drug-likeness (QED) is 0.803. The smallest absolute Gasteiger partial charge is 0.139 e. The van der Waals surface area contributed by atoms with Gasteiger partial charge in [-0.3, -0.25) is 14.5 Å². The maximum absolute atomic E-state index is 5.51. The molecule has 0 aliphatic carbocycles. The van der Waals surface area contributed by atoms with Crippen molar-refractivity contribution in [3.05, 3.63) is 35.7 Å². The van der Waals surface area contributed by atoms with E-state index in [9.17, 15) is 0 Å². The molecule has 0 N–H and O–H groups in total. The molecule has 0 amide bonds.